The fourth-order valence-electron chi connectivity index (χ4n) is 5.94. The van der Waals surface area contributed by atoms with Crippen molar-refractivity contribution < 1.29 is 19.4 Å². The third-order valence-corrected chi connectivity index (χ3v) is 8.32. The molecule has 1 heterocycles. The van der Waals surface area contributed by atoms with Crippen molar-refractivity contribution in [2.75, 3.05) is 26.7 Å². The number of likely N-dealkylation sites (N-methyl/N-ethyl adjacent to an activating group) is 1. The molecule has 1 aromatic carbocycles. The van der Waals surface area contributed by atoms with E-state index in [0.29, 0.717) is 56.2 Å². The minimum absolute atomic E-state index is 0.0238. The molecule has 4 rings (SSSR count). The number of aliphatic hydroxyl groups is 1. The number of hydrogen-bond acceptors (Lipinski definition) is 7. The lowest BCUT2D eigenvalue weighted by Crippen LogP contribution is -2.48. The SMILES string of the molecule is CC(O)N(CC1CCCC1)C(=O)CCCOc1ccc2c(c1)CN(CC(=O)N(C)C1CCCCC1)C(N)=N2. The molecule has 38 heavy (non-hydrogen) atoms. The van der Waals surface area contributed by atoms with Gasteiger partial charge in [0.05, 0.1) is 12.3 Å². The molecule has 1 atom stereocenters. The molecule has 2 saturated carbocycles. The number of benzene rings is 1. The van der Waals surface area contributed by atoms with Crippen LogP contribution in [0.5, 0.6) is 5.75 Å². The molecule has 9 heteroatoms. The second-order valence-corrected chi connectivity index (χ2v) is 11.2. The molecule has 0 radical (unpaired) electrons. The molecular weight excluding hydrogens is 482 g/mol. The summed E-state index contributed by atoms with van der Waals surface area (Å²) >= 11 is 0. The van der Waals surface area contributed by atoms with Crippen molar-refractivity contribution >= 4 is 23.5 Å². The van der Waals surface area contributed by atoms with Gasteiger partial charge in [-0.3, -0.25) is 9.59 Å². The first-order valence-corrected chi connectivity index (χ1v) is 14.4. The van der Waals surface area contributed by atoms with Crippen molar-refractivity contribution in [2.45, 2.75) is 96.4 Å². The number of carbonyl (C=O) groups excluding carboxylic acids is 2. The van der Waals surface area contributed by atoms with Gasteiger partial charge in [-0.05, 0) is 63.1 Å². The lowest BCUT2D eigenvalue weighted by Gasteiger charge is -2.34. The highest BCUT2D eigenvalue weighted by Crippen LogP contribution is 2.30. The number of aliphatic hydroxyl groups excluding tert-OH is 1. The minimum atomic E-state index is -0.769. The fraction of sp³-hybridized carbons (Fsp3) is 0.690. The zero-order chi connectivity index (χ0) is 27.1. The maximum absolute atomic E-state index is 13.0. The molecule has 1 unspecified atom stereocenters. The molecule has 3 N–H and O–H groups in total. The van der Waals surface area contributed by atoms with Crippen LogP contribution in [0.25, 0.3) is 0 Å². The van der Waals surface area contributed by atoms with Crippen LogP contribution in [0.3, 0.4) is 0 Å². The Morgan fingerprint density at radius 3 is 2.55 bits per heavy atom. The third kappa shape index (κ3) is 7.40. The molecule has 0 aromatic heterocycles. The molecule has 1 aliphatic heterocycles. The van der Waals surface area contributed by atoms with Gasteiger partial charge in [-0.2, -0.15) is 0 Å². The van der Waals surface area contributed by atoms with Gasteiger partial charge in [-0.1, -0.05) is 32.1 Å². The average Bonchev–Trinajstić information content (AvgIpc) is 3.43. The zero-order valence-electron chi connectivity index (χ0n) is 23.1. The summed E-state index contributed by atoms with van der Waals surface area (Å²) in [4.78, 5) is 35.5. The molecule has 0 spiro atoms. The second-order valence-electron chi connectivity index (χ2n) is 11.2. The predicted molar refractivity (Wildman–Crippen MR) is 148 cm³/mol. The van der Waals surface area contributed by atoms with Gasteiger partial charge >= 0.3 is 0 Å². The number of fused-ring (bicyclic) bond motifs is 1. The van der Waals surface area contributed by atoms with Crippen molar-refractivity contribution in [2.24, 2.45) is 16.6 Å². The third-order valence-electron chi connectivity index (χ3n) is 8.32. The van der Waals surface area contributed by atoms with Crippen molar-refractivity contribution in [3.05, 3.63) is 23.8 Å². The predicted octanol–water partition coefficient (Wildman–Crippen LogP) is 3.76. The van der Waals surface area contributed by atoms with E-state index < -0.39 is 6.23 Å². The van der Waals surface area contributed by atoms with Crippen LogP contribution in [-0.2, 0) is 16.1 Å². The monoisotopic (exact) mass is 527 g/mol. The second kappa shape index (κ2) is 13.3. The van der Waals surface area contributed by atoms with Gasteiger partial charge in [0.15, 0.2) is 5.96 Å². The standard InChI is InChI=1S/C29H45N5O4/c1-21(35)34(18-22-9-6-7-10-22)27(36)13-8-16-38-25-14-15-26-23(17-25)19-33(29(30)31-26)20-28(37)32(2)24-11-4-3-5-12-24/h14-15,17,21-22,24,35H,3-13,16,18-20H2,1-2H3,(H2,30,31). The number of ether oxygens (including phenoxy) is 1. The first-order chi connectivity index (χ1) is 18.3. The van der Waals surface area contributed by atoms with E-state index in [1.54, 1.807) is 11.8 Å². The largest absolute Gasteiger partial charge is 0.494 e. The Labute approximate surface area is 227 Å². The number of rotatable bonds is 11. The summed E-state index contributed by atoms with van der Waals surface area (Å²) in [6, 6.07) is 6.00. The Morgan fingerprint density at radius 1 is 1.13 bits per heavy atom. The Balaban J connectivity index is 1.26. The zero-order valence-corrected chi connectivity index (χ0v) is 23.1. The Kier molecular flexibility index (Phi) is 9.88. The highest BCUT2D eigenvalue weighted by Gasteiger charge is 2.27. The highest BCUT2D eigenvalue weighted by atomic mass is 16.5. The normalized spacial score (nSPS) is 19.0. The van der Waals surface area contributed by atoms with Crippen LogP contribution in [0, 0.1) is 5.92 Å². The minimum Gasteiger partial charge on any atom is -0.494 e. The number of guanidine groups is 1. The summed E-state index contributed by atoms with van der Waals surface area (Å²) in [6.45, 7) is 3.41. The molecular formula is C29H45N5O4. The molecule has 3 aliphatic rings. The highest BCUT2D eigenvalue weighted by molar-refractivity contribution is 5.88. The van der Waals surface area contributed by atoms with E-state index in [0.717, 1.165) is 36.9 Å². The number of nitrogens with zero attached hydrogens (tertiary/aromatic N) is 4. The Hall–Kier alpha value is -2.81. The summed E-state index contributed by atoms with van der Waals surface area (Å²) < 4.78 is 5.95. The van der Waals surface area contributed by atoms with Gasteiger partial charge in [0.2, 0.25) is 11.8 Å². The maximum atomic E-state index is 13.0. The number of nitrogens with two attached hydrogens (primary N) is 1. The van der Waals surface area contributed by atoms with Crippen LogP contribution < -0.4 is 10.5 Å². The van der Waals surface area contributed by atoms with Crippen molar-refractivity contribution in [1.29, 1.82) is 0 Å². The summed E-state index contributed by atoms with van der Waals surface area (Å²) in [5.41, 5.74) is 7.94. The molecule has 2 amide bonds. The van der Waals surface area contributed by atoms with E-state index in [2.05, 4.69) is 4.99 Å². The summed E-state index contributed by atoms with van der Waals surface area (Å²) in [5.74, 6) is 1.60. The molecule has 2 aliphatic carbocycles. The van der Waals surface area contributed by atoms with E-state index >= 15 is 0 Å². The van der Waals surface area contributed by atoms with E-state index in [1.165, 1.54) is 32.1 Å². The van der Waals surface area contributed by atoms with Crippen LogP contribution in [0.4, 0.5) is 5.69 Å². The molecule has 1 aromatic rings. The lowest BCUT2D eigenvalue weighted by atomic mass is 9.94. The average molecular weight is 528 g/mol. The van der Waals surface area contributed by atoms with Crippen LogP contribution in [-0.4, -0.2) is 76.6 Å². The van der Waals surface area contributed by atoms with Crippen molar-refractivity contribution in [1.82, 2.24) is 14.7 Å². The molecule has 0 bridgehead atoms. The van der Waals surface area contributed by atoms with Crippen LogP contribution >= 0.6 is 0 Å². The van der Waals surface area contributed by atoms with Crippen molar-refractivity contribution in [3.8, 4) is 5.75 Å². The Morgan fingerprint density at radius 2 is 1.84 bits per heavy atom. The quantitative estimate of drug-likeness (QED) is 0.335. The van der Waals surface area contributed by atoms with Gasteiger partial charge in [0, 0.05) is 38.2 Å². The molecule has 2 fully saturated rings. The van der Waals surface area contributed by atoms with Crippen LogP contribution in [0.1, 0.15) is 83.1 Å². The van der Waals surface area contributed by atoms with E-state index in [9.17, 15) is 14.7 Å². The van der Waals surface area contributed by atoms with Gasteiger partial charge in [-0.25, -0.2) is 4.99 Å². The van der Waals surface area contributed by atoms with Crippen molar-refractivity contribution in [3.63, 3.8) is 0 Å². The van der Waals surface area contributed by atoms with Crippen LogP contribution in [0.15, 0.2) is 23.2 Å². The smallest absolute Gasteiger partial charge is 0.242 e. The fourth-order valence-corrected chi connectivity index (χ4v) is 5.94. The summed E-state index contributed by atoms with van der Waals surface area (Å²) in [5, 5.41) is 10.1. The van der Waals surface area contributed by atoms with Gasteiger partial charge < -0.3 is 30.3 Å². The lowest BCUT2D eigenvalue weighted by molar-refractivity contribution is -0.141. The number of amides is 2. The molecule has 9 nitrogen and oxygen atoms in total. The van der Waals surface area contributed by atoms with Crippen LogP contribution in [0.2, 0.25) is 0 Å². The van der Waals surface area contributed by atoms with E-state index in [4.69, 9.17) is 10.5 Å². The van der Waals surface area contributed by atoms with Gasteiger partial charge in [-0.15, -0.1) is 0 Å². The van der Waals surface area contributed by atoms with Gasteiger partial charge in [0.1, 0.15) is 18.5 Å². The topological polar surface area (TPSA) is 112 Å². The molecule has 210 valence electrons. The van der Waals surface area contributed by atoms with Gasteiger partial charge in [0.25, 0.3) is 0 Å². The van der Waals surface area contributed by atoms with E-state index in [-0.39, 0.29) is 18.4 Å². The number of hydrogen-bond donors (Lipinski definition) is 2. The summed E-state index contributed by atoms with van der Waals surface area (Å²) in [7, 11) is 1.90. The first kappa shape index (κ1) is 28.2. The van der Waals surface area contributed by atoms with E-state index in [1.807, 2.05) is 35.0 Å². The first-order valence-electron chi connectivity index (χ1n) is 14.4. The molecule has 0 saturated heterocycles. The maximum Gasteiger partial charge on any atom is 0.242 e. The Bertz CT molecular complexity index is 985. The number of carbonyl (C=O) groups is 2. The summed E-state index contributed by atoms with van der Waals surface area (Å²) in [6.07, 6.45) is 10.6. The number of aliphatic imine (C=N–C) groups is 1.